The molecule has 31 heavy (non-hydrogen) atoms. The van der Waals surface area contributed by atoms with E-state index in [2.05, 4.69) is 9.97 Å². The van der Waals surface area contributed by atoms with Crippen molar-refractivity contribution in [1.29, 1.82) is 0 Å². The van der Waals surface area contributed by atoms with Gasteiger partial charge >= 0.3 is 0 Å². The molecule has 3 heterocycles. The maximum Gasteiger partial charge on any atom is 0.247 e. The maximum atomic E-state index is 14.2. The average molecular weight is 467 g/mol. The van der Waals surface area contributed by atoms with E-state index in [1.807, 2.05) is 0 Å². The van der Waals surface area contributed by atoms with E-state index < -0.39 is 33.6 Å². The Morgan fingerprint density at radius 2 is 2.13 bits per heavy atom. The predicted molar refractivity (Wildman–Crippen MR) is 114 cm³/mol. The number of thiazole rings is 1. The molecule has 0 saturated carbocycles. The van der Waals surface area contributed by atoms with Gasteiger partial charge in [0.25, 0.3) is 0 Å². The summed E-state index contributed by atoms with van der Waals surface area (Å²) in [4.78, 5) is 23.2. The van der Waals surface area contributed by atoms with Crippen LogP contribution in [0.25, 0.3) is 10.2 Å². The van der Waals surface area contributed by atoms with Crippen molar-refractivity contribution < 1.29 is 22.0 Å². The number of carbonyl (C=O) groups excluding carboxylic acids is 1. The van der Waals surface area contributed by atoms with Crippen LogP contribution in [-0.2, 0) is 21.4 Å². The van der Waals surface area contributed by atoms with Crippen molar-refractivity contribution in [2.75, 3.05) is 17.7 Å². The second-order valence-corrected chi connectivity index (χ2v) is 10.3. The van der Waals surface area contributed by atoms with Gasteiger partial charge in [-0.25, -0.2) is 22.2 Å². The summed E-state index contributed by atoms with van der Waals surface area (Å²) in [7, 11) is -3.60. The van der Waals surface area contributed by atoms with Crippen molar-refractivity contribution >= 4 is 42.6 Å². The number of fused-ring (bicyclic) bond motifs is 1. The van der Waals surface area contributed by atoms with E-state index in [0.29, 0.717) is 24.8 Å². The molecule has 4 rings (SSSR count). The van der Waals surface area contributed by atoms with Crippen LogP contribution < -0.4 is 4.90 Å². The van der Waals surface area contributed by atoms with Gasteiger partial charge in [-0.1, -0.05) is 23.8 Å². The highest BCUT2D eigenvalue weighted by atomic mass is 32.2. The highest BCUT2D eigenvalue weighted by molar-refractivity contribution is 7.88. The van der Waals surface area contributed by atoms with Gasteiger partial charge in [0.05, 0.1) is 17.5 Å². The largest absolute Gasteiger partial charge is 0.282 e. The number of sulfonamides is 1. The second kappa shape index (κ2) is 8.56. The summed E-state index contributed by atoms with van der Waals surface area (Å²) in [6.45, 7) is 0.334. The zero-order valence-electron chi connectivity index (χ0n) is 16.7. The van der Waals surface area contributed by atoms with E-state index in [4.69, 9.17) is 0 Å². The molecule has 1 aromatic carbocycles. The lowest BCUT2D eigenvalue weighted by Gasteiger charge is -2.35. The Labute approximate surface area is 182 Å². The van der Waals surface area contributed by atoms with E-state index >= 15 is 0 Å². The number of benzene rings is 1. The number of hydrogen-bond donors (Lipinski definition) is 0. The summed E-state index contributed by atoms with van der Waals surface area (Å²) < 4.78 is 53.9. The lowest BCUT2D eigenvalue weighted by atomic mass is 10.0. The molecule has 0 N–H and O–H groups in total. The third-order valence-corrected chi connectivity index (χ3v) is 7.44. The first-order valence-electron chi connectivity index (χ1n) is 9.67. The zero-order valence-corrected chi connectivity index (χ0v) is 18.3. The fraction of sp³-hybridized carbons (Fsp3) is 0.350. The number of carbonyl (C=O) groups is 1. The van der Waals surface area contributed by atoms with Crippen molar-refractivity contribution in [3.05, 3.63) is 53.9 Å². The first-order valence-corrected chi connectivity index (χ1v) is 12.3. The summed E-state index contributed by atoms with van der Waals surface area (Å²) in [6.07, 6.45) is 6.03. The Hall–Kier alpha value is -2.50. The van der Waals surface area contributed by atoms with E-state index in [-0.39, 0.29) is 28.4 Å². The zero-order chi connectivity index (χ0) is 22.2. The van der Waals surface area contributed by atoms with Crippen LogP contribution in [0, 0.1) is 11.6 Å². The molecular weight excluding hydrogens is 446 g/mol. The van der Waals surface area contributed by atoms with Crippen LogP contribution in [-0.4, -0.2) is 47.4 Å². The molecule has 0 bridgehead atoms. The van der Waals surface area contributed by atoms with Gasteiger partial charge in [0.1, 0.15) is 17.4 Å². The van der Waals surface area contributed by atoms with Gasteiger partial charge in [-0.15, -0.1) is 0 Å². The van der Waals surface area contributed by atoms with Gasteiger partial charge in [-0.3, -0.25) is 14.7 Å². The Kier molecular flexibility index (Phi) is 6.00. The van der Waals surface area contributed by atoms with E-state index in [1.54, 1.807) is 24.5 Å². The number of hydrogen-bond acceptors (Lipinski definition) is 6. The third-order valence-electron chi connectivity index (χ3n) is 5.13. The number of halogens is 2. The Bertz CT molecular complexity index is 1220. The monoisotopic (exact) mass is 466 g/mol. The van der Waals surface area contributed by atoms with Gasteiger partial charge in [0.2, 0.25) is 15.9 Å². The summed E-state index contributed by atoms with van der Waals surface area (Å²) >= 11 is 0.980. The van der Waals surface area contributed by atoms with E-state index in [1.165, 1.54) is 9.21 Å². The van der Waals surface area contributed by atoms with Crippen molar-refractivity contribution in [2.45, 2.75) is 31.8 Å². The van der Waals surface area contributed by atoms with Gasteiger partial charge in [0.15, 0.2) is 10.9 Å². The highest BCUT2D eigenvalue weighted by Crippen LogP contribution is 2.33. The molecule has 2 aromatic heterocycles. The van der Waals surface area contributed by atoms with Crippen molar-refractivity contribution in [3.8, 4) is 0 Å². The minimum Gasteiger partial charge on any atom is -0.282 e. The fourth-order valence-corrected chi connectivity index (χ4v) is 5.83. The molecule has 0 aliphatic carbocycles. The molecule has 1 amide bonds. The minimum atomic E-state index is -3.60. The molecule has 7 nitrogen and oxygen atoms in total. The molecule has 1 atom stereocenters. The molecule has 1 aliphatic heterocycles. The molecule has 1 aliphatic rings. The van der Waals surface area contributed by atoms with E-state index in [9.17, 15) is 22.0 Å². The van der Waals surface area contributed by atoms with Crippen molar-refractivity contribution in [3.63, 3.8) is 0 Å². The average Bonchev–Trinajstić information content (AvgIpc) is 3.16. The standard InChI is InChI=1S/C20H20F2N4O3S2/c1-31(28,29)26-8-3-2-6-16(26)19(27)25(12-13-5-4-7-23-11-13)20-24-18-15(22)9-14(21)10-17(18)30-20/h4-5,7,9-11,16H,2-3,6,8,12H2,1H3. The number of aromatic nitrogens is 2. The van der Waals surface area contributed by atoms with Gasteiger partial charge in [0, 0.05) is 25.0 Å². The molecule has 1 saturated heterocycles. The number of pyridine rings is 1. The summed E-state index contributed by atoms with van der Waals surface area (Å²) in [5.74, 6) is -2.00. The first kappa shape index (κ1) is 21.7. The normalized spacial score (nSPS) is 17.7. The lowest BCUT2D eigenvalue weighted by molar-refractivity contribution is -0.123. The fourth-order valence-electron chi connectivity index (χ4n) is 3.70. The minimum absolute atomic E-state index is 0.0333. The molecule has 164 valence electrons. The molecule has 1 fully saturated rings. The molecule has 11 heteroatoms. The molecule has 0 spiro atoms. The maximum absolute atomic E-state index is 14.2. The van der Waals surface area contributed by atoms with Crippen LogP contribution in [0.1, 0.15) is 24.8 Å². The van der Waals surface area contributed by atoms with Crippen LogP contribution in [0.4, 0.5) is 13.9 Å². The smallest absolute Gasteiger partial charge is 0.247 e. The molecule has 0 radical (unpaired) electrons. The van der Waals surface area contributed by atoms with Crippen LogP contribution in [0.3, 0.4) is 0 Å². The van der Waals surface area contributed by atoms with Crippen molar-refractivity contribution in [1.82, 2.24) is 14.3 Å². The predicted octanol–water partition coefficient (Wildman–Crippen LogP) is 3.32. The lowest BCUT2D eigenvalue weighted by Crippen LogP contribution is -2.52. The molecular formula is C20H20F2N4O3S2. The Balaban J connectivity index is 1.77. The topological polar surface area (TPSA) is 83.5 Å². The summed E-state index contributed by atoms with van der Waals surface area (Å²) in [5.41, 5.74) is 0.664. The Morgan fingerprint density at radius 1 is 1.32 bits per heavy atom. The quantitative estimate of drug-likeness (QED) is 0.576. The first-order chi connectivity index (χ1) is 14.7. The Morgan fingerprint density at radius 3 is 2.84 bits per heavy atom. The summed E-state index contributed by atoms with van der Waals surface area (Å²) in [5, 5.41) is 0.173. The number of piperidine rings is 1. The van der Waals surface area contributed by atoms with Crippen LogP contribution in [0.15, 0.2) is 36.7 Å². The van der Waals surface area contributed by atoms with Gasteiger partial charge in [-0.2, -0.15) is 4.31 Å². The number of anilines is 1. The van der Waals surface area contributed by atoms with Crippen molar-refractivity contribution in [2.24, 2.45) is 0 Å². The second-order valence-electron chi connectivity index (χ2n) is 7.40. The van der Waals surface area contributed by atoms with Crippen LogP contribution in [0.5, 0.6) is 0 Å². The number of amides is 1. The number of rotatable bonds is 5. The number of nitrogens with zero attached hydrogens (tertiary/aromatic N) is 4. The molecule has 1 unspecified atom stereocenters. The van der Waals surface area contributed by atoms with Crippen LogP contribution >= 0.6 is 11.3 Å². The summed E-state index contributed by atoms with van der Waals surface area (Å²) in [6, 6.07) is 4.51. The van der Waals surface area contributed by atoms with Gasteiger partial charge < -0.3 is 0 Å². The SMILES string of the molecule is CS(=O)(=O)N1CCCCC1C(=O)N(Cc1cccnc1)c1nc2c(F)cc(F)cc2s1. The molecule has 3 aromatic rings. The third kappa shape index (κ3) is 4.58. The van der Waals surface area contributed by atoms with E-state index in [0.717, 1.165) is 29.7 Å². The van der Waals surface area contributed by atoms with Gasteiger partial charge in [-0.05, 0) is 30.5 Å². The van der Waals surface area contributed by atoms with Crippen LogP contribution in [0.2, 0.25) is 0 Å². The highest BCUT2D eigenvalue weighted by Gasteiger charge is 2.38.